The average Bonchev–Trinajstić information content (AvgIpc) is 2.59. The third-order valence-electron chi connectivity index (χ3n) is 4.59. The fraction of sp³-hybridized carbons (Fsp3) is 0.706. The van der Waals surface area contributed by atoms with Crippen molar-refractivity contribution < 1.29 is 9.53 Å². The highest BCUT2D eigenvalue weighted by Crippen LogP contribution is 2.23. The summed E-state index contributed by atoms with van der Waals surface area (Å²) >= 11 is 0. The van der Waals surface area contributed by atoms with Gasteiger partial charge in [-0.25, -0.2) is 5.10 Å². The minimum Gasteiger partial charge on any atom is -0.377 e. The number of H-pyrrole nitrogens is 1. The van der Waals surface area contributed by atoms with Crippen molar-refractivity contribution in [3.05, 3.63) is 27.2 Å². The monoisotopic (exact) mass is 321 g/mol. The molecular formula is C17H27N3O3. The zero-order valence-electron chi connectivity index (χ0n) is 14.3. The Kier molecular flexibility index (Phi) is 6.33. The van der Waals surface area contributed by atoms with Gasteiger partial charge in [0.1, 0.15) is 0 Å². The lowest BCUT2D eigenvalue weighted by Crippen LogP contribution is -2.41. The number of ether oxygens (including phenoxy) is 1. The second-order valence-electron chi connectivity index (χ2n) is 5.95. The van der Waals surface area contributed by atoms with Crippen molar-refractivity contribution >= 4 is 5.91 Å². The van der Waals surface area contributed by atoms with E-state index in [4.69, 9.17) is 4.74 Å². The van der Waals surface area contributed by atoms with Crippen LogP contribution in [0.2, 0.25) is 0 Å². The lowest BCUT2D eigenvalue weighted by molar-refractivity contribution is -0.134. The molecule has 0 bridgehead atoms. The van der Waals surface area contributed by atoms with Gasteiger partial charge in [0.25, 0.3) is 5.56 Å². The van der Waals surface area contributed by atoms with Crippen molar-refractivity contribution in [2.45, 2.75) is 65.5 Å². The summed E-state index contributed by atoms with van der Waals surface area (Å²) in [6.45, 7) is 7.02. The zero-order chi connectivity index (χ0) is 16.8. The lowest BCUT2D eigenvalue weighted by Gasteiger charge is -2.30. The van der Waals surface area contributed by atoms with Crippen LogP contribution >= 0.6 is 0 Å². The van der Waals surface area contributed by atoms with Crippen LogP contribution in [0.3, 0.4) is 0 Å². The van der Waals surface area contributed by atoms with Gasteiger partial charge in [-0.3, -0.25) is 9.59 Å². The van der Waals surface area contributed by atoms with Crippen LogP contribution in [0, 0.1) is 5.92 Å². The molecule has 2 N–H and O–H groups in total. The maximum atomic E-state index is 12.5. The second-order valence-corrected chi connectivity index (χ2v) is 5.95. The molecule has 2 unspecified atom stereocenters. The molecule has 1 aliphatic heterocycles. The highest BCUT2D eigenvalue weighted by molar-refractivity contribution is 5.79. The maximum absolute atomic E-state index is 12.5. The first-order chi connectivity index (χ1) is 11.1. The normalized spacial score (nSPS) is 21.2. The summed E-state index contributed by atoms with van der Waals surface area (Å²) in [5, 5.41) is 9.57. The van der Waals surface area contributed by atoms with E-state index in [9.17, 15) is 9.59 Å². The Hall–Kier alpha value is -1.69. The highest BCUT2D eigenvalue weighted by Gasteiger charge is 2.30. The summed E-state index contributed by atoms with van der Waals surface area (Å²) in [7, 11) is 0. The van der Waals surface area contributed by atoms with Gasteiger partial charge in [0, 0.05) is 18.7 Å². The molecule has 0 spiro atoms. The molecule has 23 heavy (non-hydrogen) atoms. The summed E-state index contributed by atoms with van der Waals surface area (Å²) in [4.78, 5) is 24.6. The van der Waals surface area contributed by atoms with Crippen molar-refractivity contribution in [1.29, 1.82) is 0 Å². The fourth-order valence-corrected chi connectivity index (χ4v) is 3.31. The van der Waals surface area contributed by atoms with E-state index in [0.717, 1.165) is 50.0 Å². The Bertz CT molecular complexity index is 597. The Balaban J connectivity index is 2.11. The Morgan fingerprint density at radius 3 is 2.74 bits per heavy atom. The van der Waals surface area contributed by atoms with Crippen LogP contribution in [0.1, 0.15) is 56.9 Å². The number of aromatic amines is 1. The van der Waals surface area contributed by atoms with Gasteiger partial charge in [0.2, 0.25) is 5.91 Å². The number of nitrogens with one attached hydrogen (secondary N) is 2. The summed E-state index contributed by atoms with van der Waals surface area (Å²) in [5.74, 6) is -0.141. The van der Waals surface area contributed by atoms with Gasteiger partial charge in [0.05, 0.1) is 17.7 Å². The molecule has 1 aromatic heterocycles. The number of hydrogen-bond donors (Lipinski definition) is 2. The second kappa shape index (κ2) is 8.24. The van der Waals surface area contributed by atoms with Crippen molar-refractivity contribution in [2.75, 3.05) is 6.61 Å². The van der Waals surface area contributed by atoms with Gasteiger partial charge in [-0.15, -0.1) is 0 Å². The van der Waals surface area contributed by atoms with E-state index in [1.165, 1.54) is 0 Å². The third kappa shape index (κ3) is 3.99. The van der Waals surface area contributed by atoms with Gasteiger partial charge in [-0.1, -0.05) is 20.8 Å². The smallest absolute Gasteiger partial charge is 0.269 e. The summed E-state index contributed by atoms with van der Waals surface area (Å²) in [5.41, 5.74) is 2.25. The van der Waals surface area contributed by atoms with Crippen LogP contribution in [0.15, 0.2) is 4.79 Å². The molecule has 2 heterocycles. The molecule has 2 rings (SSSR count). The minimum atomic E-state index is -0.216. The van der Waals surface area contributed by atoms with Gasteiger partial charge in [-0.2, -0.15) is 5.10 Å². The molecular weight excluding hydrogens is 294 g/mol. The number of hydrogen-bond acceptors (Lipinski definition) is 4. The first-order valence-electron chi connectivity index (χ1n) is 8.60. The first kappa shape index (κ1) is 17.7. The lowest BCUT2D eigenvalue weighted by atomic mass is 9.91. The van der Waals surface area contributed by atoms with Crippen LogP contribution in [0.4, 0.5) is 0 Å². The number of nitrogens with zero attached hydrogens (tertiary/aromatic N) is 1. The molecule has 1 aliphatic rings. The molecule has 6 nitrogen and oxygen atoms in total. The molecule has 1 saturated heterocycles. The molecule has 1 fully saturated rings. The topological polar surface area (TPSA) is 84.1 Å². The van der Waals surface area contributed by atoms with E-state index in [-0.39, 0.29) is 30.0 Å². The molecule has 0 aromatic carbocycles. The fourth-order valence-electron chi connectivity index (χ4n) is 3.31. The summed E-state index contributed by atoms with van der Waals surface area (Å²) < 4.78 is 5.68. The van der Waals surface area contributed by atoms with Crippen LogP contribution in [0.25, 0.3) is 0 Å². The van der Waals surface area contributed by atoms with E-state index >= 15 is 0 Å². The van der Waals surface area contributed by atoms with Crippen molar-refractivity contribution in [1.82, 2.24) is 15.5 Å². The average molecular weight is 321 g/mol. The summed E-state index contributed by atoms with van der Waals surface area (Å²) in [6.07, 6.45) is 4.05. The predicted molar refractivity (Wildman–Crippen MR) is 88.2 cm³/mol. The number of amides is 1. The Morgan fingerprint density at radius 1 is 1.30 bits per heavy atom. The summed E-state index contributed by atoms with van der Waals surface area (Å²) in [6, 6.07) is 0. The SMILES string of the molecule is CCc1n[nH]c(=O)c(CNC(=O)C2CCCOC2CC)c1CC. The van der Waals surface area contributed by atoms with Crippen LogP contribution in [-0.4, -0.2) is 28.8 Å². The third-order valence-corrected chi connectivity index (χ3v) is 4.59. The van der Waals surface area contributed by atoms with E-state index in [2.05, 4.69) is 15.5 Å². The molecule has 0 aliphatic carbocycles. The molecule has 128 valence electrons. The van der Waals surface area contributed by atoms with E-state index in [0.29, 0.717) is 5.56 Å². The number of aromatic nitrogens is 2. The molecule has 0 saturated carbocycles. The van der Waals surface area contributed by atoms with Gasteiger partial charge in [-0.05, 0) is 37.7 Å². The van der Waals surface area contributed by atoms with Gasteiger partial charge in [0.15, 0.2) is 0 Å². The highest BCUT2D eigenvalue weighted by atomic mass is 16.5. The first-order valence-corrected chi connectivity index (χ1v) is 8.60. The molecule has 6 heteroatoms. The quantitative estimate of drug-likeness (QED) is 0.835. The van der Waals surface area contributed by atoms with Crippen LogP contribution in [0.5, 0.6) is 0 Å². The van der Waals surface area contributed by atoms with Crippen molar-refractivity contribution in [3.63, 3.8) is 0 Å². The predicted octanol–water partition coefficient (Wildman–Crippen LogP) is 1.72. The zero-order valence-corrected chi connectivity index (χ0v) is 14.3. The minimum absolute atomic E-state index is 0.0173. The number of rotatable bonds is 6. The number of carbonyl (C=O) groups excluding carboxylic acids is 1. The van der Waals surface area contributed by atoms with Crippen LogP contribution < -0.4 is 10.9 Å². The molecule has 0 radical (unpaired) electrons. The van der Waals surface area contributed by atoms with Gasteiger partial charge >= 0.3 is 0 Å². The van der Waals surface area contributed by atoms with E-state index in [1.54, 1.807) is 0 Å². The maximum Gasteiger partial charge on any atom is 0.269 e. The van der Waals surface area contributed by atoms with E-state index < -0.39 is 0 Å². The number of carbonyl (C=O) groups is 1. The standard InChI is InChI=1S/C17H27N3O3/c1-4-11-13(17(22)20-19-14(11)5-2)10-18-16(21)12-8-7-9-23-15(12)6-3/h12,15H,4-10H2,1-3H3,(H,18,21)(H,20,22). The Labute approximate surface area is 137 Å². The molecule has 1 amide bonds. The number of aryl methyl sites for hydroxylation is 1. The molecule has 2 atom stereocenters. The van der Waals surface area contributed by atoms with Gasteiger partial charge < -0.3 is 10.1 Å². The van der Waals surface area contributed by atoms with Crippen molar-refractivity contribution in [2.24, 2.45) is 5.92 Å². The Morgan fingerprint density at radius 2 is 2.09 bits per heavy atom. The van der Waals surface area contributed by atoms with E-state index in [1.807, 2.05) is 20.8 Å². The largest absolute Gasteiger partial charge is 0.377 e. The van der Waals surface area contributed by atoms with Crippen molar-refractivity contribution in [3.8, 4) is 0 Å². The molecule has 1 aromatic rings. The van der Waals surface area contributed by atoms with Crippen LogP contribution in [-0.2, 0) is 28.9 Å².